The average molecular weight is 258 g/mol. The maximum atomic E-state index is 11.8. The summed E-state index contributed by atoms with van der Waals surface area (Å²) < 4.78 is 1.52. The van der Waals surface area contributed by atoms with Gasteiger partial charge in [-0.05, 0) is 19.8 Å². The van der Waals surface area contributed by atoms with Gasteiger partial charge >= 0.3 is 0 Å². The minimum Gasteiger partial charge on any atom is -0.373 e. The fraction of sp³-hybridized carbons (Fsp3) is 0.667. The van der Waals surface area contributed by atoms with Crippen molar-refractivity contribution in [2.24, 2.45) is 0 Å². The number of aromatic nitrogens is 2. The first-order chi connectivity index (χ1) is 8.19. The Hall–Kier alpha value is -1.03. The van der Waals surface area contributed by atoms with Crippen molar-refractivity contribution in [3.05, 3.63) is 22.6 Å². The first kappa shape index (κ1) is 14.0. The van der Waals surface area contributed by atoms with Gasteiger partial charge in [-0.3, -0.25) is 4.79 Å². The smallest absolute Gasteiger partial charge is 0.268 e. The summed E-state index contributed by atoms with van der Waals surface area (Å²) in [4.78, 5) is 13.8. The quantitative estimate of drug-likeness (QED) is 0.555. The number of anilines is 1. The Kier molecular flexibility index (Phi) is 6.05. The zero-order valence-corrected chi connectivity index (χ0v) is 11.3. The molecule has 0 unspecified atom stereocenters. The van der Waals surface area contributed by atoms with Gasteiger partial charge < -0.3 is 4.90 Å². The number of halogens is 1. The molecule has 1 rings (SSSR count). The minimum atomic E-state index is -0.0336. The Balaban J connectivity index is 2.60. The van der Waals surface area contributed by atoms with Crippen LogP contribution in [0, 0.1) is 0 Å². The van der Waals surface area contributed by atoms with E-state index in [9.17, 15) is 4.79 Å². The van der Waals surface area contributed by atoms with Crippen molar-refractivity contribution in [1.29, 1.82) is 0 Å². The van der Waals surface area contributed by atoms with Crippen molar-refractivity contribution >= 4 is 17.3 Å². The molecule has 1 aromatic rings. The van der Waals surface area contributed by atoms with Gasteiger partial charge in [0, 0.05) is 32.1 Å². The van der Waals surface area contributed by atoms with Crippen molar-refractivity contribution < 1.29 is 0 Å². The normalized spacial score (nSPS) is 10.5. The summed E-state index contributed by atoms with van der Waals surface area (Å²) in [6.45, 7) is 3.57. The van der Waals surface area contributed by atoms with Crippen molar-refractivity contribution in [3.63, 3.8) is 0 Å². The second kappa shape index (κ2) is 7.33. The van der Waals surface area contributed by atoms with E-state index in [0.717, 1.165) is 31.5 Å². The van der Waals surface area contributed by atoms with E-state index < -0.39 is 0 Å². The highest BCUT2D eigenvalue weighted by molar-refractivity contribution is 6.17. The molecular formula is C12H20ClN3O. The van der Waals surface area contributed by atoms with E-state index in [1.807, 2.05) is 18.9 Å². The number of hydrogen-bond acceptors (Lipinski definition) is 3. The standard InChI is InChI=1S/C12H20ClN3O/c1-3-15(2)11-9-12(17)16(14-10-11)8-6-4-5-7-13/h9-10H,3-8H2,1-2H3. The van der Waals surface area contributed by atoms with Gasteiger partial charge in [0.1, 0.15) is 0 Å². The molecule has 0 aliphatic rings. The third kappa shape index (κ3) is 4.38. The Morgan fingerprint density at radius 2 is 2.18 bits per heavy atom. The molecule has 0 N–H and O–H groups in total. The predicted molar refractivity (Wildman–Crippen MR) is 72.0 cm³/mol. The summed E-state index contributed by atoms with van der Waals surface area (Å²) in [7, 11) is 1.95. The number of aryl methyl sites for hydroxylation is 1. The molecule has 96 valence electrons. The lowest BCUT2D eigenvalue weighted by molar-refractivity contribution is 0.528. The zero-order valence-electron chi connectivity index (χ0n) is 10.5. The van der Waals surface area contributed by atoms with Gasteiger partial charge in [-0.2, -0.15) is 5.10 Å². The van der Waals surface area contributed by atoms with Gasteiger partial charge in [0.25, 0.3) is 5.56 Å². The number of rotatable bonds is 7. The van der Waals surface area contributed by atoms with Crippen molar-refractivity contribution in [3.8, 4) is 0 Å². The van der Waals surface area contributed by atoms with E-state index in [0.29, 0.717) is 12.4 Å². The van der Waals surface area contributed by atoms with Crippen LogP contribution in [0.25, 0.3) is 0 Å². The summed E-state index contributed by atoms with van der Waals surface area (Å²) in [5, 5.41) is 4.17. The molecule has 0 saturated heterocycles. The highest BCUT2D eigenvalue weighted by Gasteiger charge is 2.02. The first-order valence-corrected chi connectivity index (χ1v) is 6.56. The van der Waals surface area contributed by atoms with Crippen LogP contribution in [0.5, 0.6) is 0 Å². The van der Waals surface area contributed by atoms with Crippen molar-refractivity contribution in [2.45, 2.75) is 32.7 Å². The molecule has 5 heteroatoms. The molecule has 1 heterocycles. The van der Waals surface area contributed by atoms with E-state index in [4.69, 9.17) is 11.6 Å². The zero-order chi connectivity index (χ0) is 12.7. The fourth-order valence-electron chi connectivity index (χ4n) is 1.52. The minimum absolute atomic E-state index is 0.0336. The Morgan fingerprint density at radius 1 is 1.41 bits per heavy atom. The molecular weight excluding hydrogens is 238 g/mol. The topological polar surface area (TPSA) is 38.1 Å². The maximum absolute atomic E-state index is 11.8. The van der Waals surface area contributed by atoms with Crippen LogP contribution >= 0.6 is 11.6 Å². The molecule has 0 fully saturated rings. The largest absolute Gasteiger partial charge is 0.373 e. The Morgan fingerprint density at radius 3 is 2.76 bits per heavy atom. The van der Waals surface area contributed by atoms with E-state index >= 15 is 0 Å². The molecule has 1 aromatic heterocycles. The van der Waals surface area contributed by atoms with Gasteiger partial charge in [0.2, 0.25) is 0 Å². The number of alkyl halides is 1. The van der Waals surface area contributed by atoms with Crippen LogP contribution in [-0.4, -0.2) is 29.3 Å². The second-order valence-corrected chi connectivity index (χ2v) is 4.42. The third-order valence-corrected chi connectivity index (χ3v) is 3.04. The van der Waals surface area contributed by atoms with Gasteiger partial charge in [0.05, 0.1) is 11.9 Å². The van der Waals surface area contributed by atoms with Gasteiger partial charge in [-0.1, -0.05) is 6.42 Å². The van der Waals surface area contributed by atoms with Crippen LogP contribution in [0.15, 0.2) is 17.1 Å². The summed E-state index contributed by atoms with van der Waals surface area (Å²) >= 11 is 5.60. The van der Waals surface area contributed by atoms with Crippen molar-refractivity contribution in [2.75, 3.05) is 24.4 Å². The number of hydrogen-bond donors (Lipinski definition) is 0. The summed E-state index contributed by atoms with van der Waals surface area (Å²) in [5.74, 6) is 0.683. The van der Waals surface area contributed by atoms with Gasteiger partial charge in [0.15, 0.2) is 0 Å². The van der Waals surface area contributed by atoms with Crippen LogP contribution in [-0.2, 0) is 6.54 Å². The molecule has 0 bridgehead atoms. The maximum Gasteiger partial charge on any atom is 0.268 e. The lowest BCUT2D eigenvalue weighted by Gasteiger charge is -2.16. The molecule has 0 aromatic carbocycles. The second-order valence-electron chi connectivity index (χ2n) is 4.04. The lowest BCUT2D eigenvalue weighted by atomic mass is 10.2. The Labute approximate surface area is 107 Å². The SMILES string of the molecule is CCN(C)c1cnn(CCCCCCl)c(=O)c1. The van der Waals surface area contributed by atoms with Gasteiger partial charge in [-0.25, -0.2) is 4.68 Å². The monoisotopic (exact) mass is 257 g/mol. The highest BCUT2D eigenvalue weighted by atomic mass is 35.5. The van der Waals surface area contributed by atoms with Crippen LogP contribution in [0.1, 0.15) is 26.2 Å². The summed E-state index contributed by atoms with van der Waals surface area (Å²) in [6.07, 6.45) is 4.72. The lowest BCUT2D eigenvalue weighted by Crippen LogP contribution is -2.25. The van der Waals surface area contributed by atoms with Crippen LogP contribution in [0.3, 0.4) is 0 Å². The molecule has 17 heavy (non-hydrogen) atoms. The molecule has 0 spiro atoms. The highest BCUT2D eigenvalue weighted by Crippen LogP contribution is 2.06. The summed E-state index contributed by atoms with van der Waals surface area (Å²) in [6, 6.07) is 1.64. The van der Waals surface area contributed by atoms with E-state index in [2.05, 4.69) is 5.10 Å². The molecule has 0 aliphatic carbocycles. The van der Waals surface area contributed by atoms with Crippen LogP contribution in [0.4, 0.5) is 5.69 Å². The predicted octanol–water partition coefficient (Wildman–Crippen LogP) is 2.11. The molecule has 0 aliphatic heterocycles. The van der Waals surface area contributed by atoms with Gasteiger partial charge in [-0.15, -0.1) is 11.6 Å². The Bertz CT molecular complexity index is 392. The average Bonchev–Trinajstić information content (AvgIpc) is 2.35. The van der Waals surface area contributed by atoms with Crippen LogP contribution in [0.2, 0.25) is 0 Å². The van der Waals surface area contributed by atoms with Crippen LogP contribution < -0.4 is 10.5 Å². The molecule has 0 atom stereocenters. The summed E-state index contributed by atoms with van der Waals surface area (Å²) in [5.41, 5.74) is 0.836. The number of nitrogens with zero attached hydrogens (tertiary/aromatic N) is 3. The van der Waals surface area contributed by atoms with E-state index in [-0.39, 0.29) is 5.56 Å². The molecule has 0 radical (unpaired) electrons. The molecule has 0 amide bonds. The first-order valence-electron chi connectivity index (χ1n) is 6.03. The third-order valence-electron chi connectivity index (χ3n) is 2.77. The number of unbranched alkanes of at least 4 members (excludes halogenated alkanes) is 2. The van der Waals surface area contributed by atoms with E-state index in [1.54, 1.807) is 12.3 Å². The molecule has 4 nitrogen and oxygen atoms in total. The fourth-order valence-corrected chi connectivity index (χ4v) is 1.71. The molecule has 0 saturated carbocycles. The van der Waals surface area contributed by atoms with E-state index in [1.165, 1.54) is 4.68 Å². The van der Waals surface area contributed by atoms with Crippen molar-refractivity contribution in [1.82, 2.24) is 9.78 Å².